The second-order valence-corrected chi connectivity index (χ2v) is 5.10. The minimum absolute atomic E-state index is 0. The van der Waals surface area contributed by atoms with E-state index in [1.165, 1.54) is 6.42 Å². The van der Waals surface area contributed by atoms with Crippen molar-refractivity contribution >= 4 is 29.9 Å². The maximum absolute atomic E-state index is 11.7. The van der Waals surface area contributed by atoms with Gasteiger partial charge in [-0.05, 0) is 37.4 Å². The minimum Gasteiger partial charge on any atom is -0.356 e. The van der Waals surface area contributed by atoms with Gasteiger partial charge in [0.25, 0.3) is 0 Å². The van der Waals surface area contributed by atoms with Crippen molar-refractivity contribution in [3.63, 3.8) is 0 Å². The van der Waals surface area contributed by atoms with Crippen molar-refractivity contribution in [2.45, 2.75) is 31.7 Å². The molecular weight excluding hydrogens is 283 g/mol. The third kappa shape index (κ3) is 5.39. The first-order chi connectivity index (χ1) is 8.75. The van der Waals surface area contributed by atoms with Gasteiger partial charge in [-0.2, -0.15) is 0 Å². The molecule has 1 atom stereocenters. The standard InChI is InChI=1S/C14H19ClN2O.ClH/c15-13-6-2-1-4-11(13)7-9-17-14(18)10-12-5-3-8-16-12;/h1-2,4,6,12,16H,3,5,7-10H2,(H,17,18);1H. The predicted molar refractivity (Wildman–Crippen MR) is 81.1 cm³/mol. The van der Waals surface area contributed by atoms with Gasteiger partial charge in [-0.3, -0.25) is 4.79 Å². The fourth-order valence-electron chi connectivity index (χ4n) is 2.26. The Morgan fingerprint density at radius 3 is 2.89 bits per heavy atom. The maximum atomic E-state index is 11.7. The van der Waals surface area contributed by atoms with Crippen LogP contribution in [0.2, 0.25) is 5.02 Å². The van der Waals surface area contributed by atoms with Gasteiger partial charge in [-0.1, -0.05) is 29.8 Å². The van der Waals surface area contributed by atoms with Crippen LogP contribution < -0.4 is 10.6 Å². The summed E-state index contributed by atoms with van der Waals surface area (Å²) in [6, 6.07) is 8.11. The van der Waals surface area contributed by atoms with E-state index in [-0.39, 0.29) is 18.3 Å². The number of benzene rings is 1. The van der Waals surface area contributed by atoms with Crippen LogP contribution in [0.4, 0.5) is 0 Å². The Morgan fingerprint density at radius 2 is 2.21 bits per heavy atom. The molecule has 5 heteroatoms. The van der Waals surface area contributed by atoms with Crippen LogP contribution in [-0.2, 0) is 11.2 Å². The molecule has 0 aromatic heterocycles. The normalized spacial score (nSPS) is 17.8. The molecule has 1 aliphatic rings. The molecule has 1 aromatic carbocycles. The van der Waals surface area contributed by atoms with E-state index in [9.17, 15) is 4.79 Å². The molecule has 0 aliphatic carbocycles. The molecular formula is C14H20Cl2N2O. The van der Waals surface area contributed by atoms with Gasteiger partial charge in [0.05, 0.1) is 0 Å². The van der Waals surface area contributed by atoms with Crippen LogP contribution >= 0.6 is 24.0 Å². The van der Waals surface area contributed by atoms with Crippen molar-refractivity contribution in [3.05, 3.63) is 34.9 Å². The molecule has 1 aliphatic heterocycles. The lowest BCUT2D eigenvalue weighted by molar-refractivity contribution is -0.121. The number of rotatable bonds is 5. The van der Waals surface area contributed by atoms with Gasteiger partial charge in [-0.25, -0.2) is 0 Å². The number of carbonyl (C=O) groups excluding carboxylic acids is 1. The highest BCUT2D eigenvalue weighted by molar-refractivity contribution is 6.31. The van der Waals surface area contributed by atoms with Gasteiger partial charge in [0.15, 0.2) is 0 Å². The summed E-state index contributed by atoms with van der Waals surface area (Å²) >= 11 is 6.05. The van der Waals surface area contributed by atoms with E-state index in [4.69, 9.17) is 11.6 Å². The molecule has 0 saturated carbocycles. The molecule has 1 unspecified atom stereocenters. The smallest absolute Gasteiger partial charge is 0.221 e. The highest BCUT2D eigenvalue weighted by atomic mass is 35.5. The highest BCUT2D eigenvalue weighted by Crippen LogP contribution is 2.14. The van der Waals surface area contributed by atoms with Crippen molar-refractivity contribution in [3.8, 4) is 0 Å². The van der Waals surface area contributed by atoms with Gasteiger partial charge < -0.3 is 10.6 Å². The summed E-state index contributed by atoms with van der Waals surface area (Å²) in [6.45, 7) is 1.69. The molecule has 1 saturated heterocycles. The SMILES string of the molecule is Cl.O=C(CC1CCCN1)NCCc1ccccc1Cl. The molecule has 1 amide bonds. The Kier molecular flexibility index (Phi) is 7.21. The summed E-state index contributed by atoms with van der Waals surface area (Å²) in [5.41, 5.74) is 1.08. The zero-order chi connectivity index (χ0) is 12.8. The third-order valence-electron chi connectivity index (χ3n) is 3.27. The number of hydrogen-bond donors (Lipinski definition) is 2. The van der Waals surface area contributed by atoms with Crippen LogP contribution in [0.1, 0.15) is 24.8 Å². The number of carbonyl (C=O) groups is 1. The molecule has 1 fully saturated rings. The first-order valence-electron chi connectivity index (χ1n) is 6.49. The molecule has 2 rings (SSSR count). The Bertz CT molecular complexity index is 406. The lowest BCUT2D eigenvalue weighted by atomic mass is 10.1. The summed E-state index contributed by atoms with van der Waals surface area (Å²) < 4.78 is 0. The lowest BCUT2D eigenvalue weighted by Crippen LogP contribution is -2.32. The summed E-state index contributed by atoms with van der Waals surface area (Å²) in [7, 11) is 0. The number of hydrogen-bond acceptors (Lipinski definition) is 2. The molecule has 106 valence electrons. The first kappa shape index (κ1) is 16.3. The van der Waals surface area contributed by atoms with E-state index >= 15 is 0 Å². The molecule has 2 N–H and O–H groups in total. The summed E-state index contributed by atoms with van der Waals surface area (Å²) in [5.74, 6) is 0.126. The van der Waals surface area contributed by atoms with Crippen LogP contribution in [0.25, 0.3) is 0 Å². The second-order valence-electron chi connectivity index (χ2n) is 4.69. The van der Waals surface area contributed by atoms with Gasteiger partial charge in [0, 0.05) is 24.0 Å². The molecule has 0 radical (unpaired) electrons. The Labute approximate surface area is 125 Å². The van der Waals surface area contributed by atoms with Crippen molar-refractivity contribution in [2.75, 3.05) is 13.1 Å². The van der Waals surface area contributed by atoms with E-state index in [0.717, 1.165) is 30.0 Å². The molecule has 1 aromatic rings. The fourth-order valence-corrected chi connectivity index (χ4v) is 2.49. The first-order valence-corrected chi connectivity index (χ1v) is 6.87. The Balaban J connectivity index is 0.00000180. The topological polar surface area (TPSA) is 41.1 Å². The van der Waals surface area contributed by atoms with Crippen LogP contribution in [0.3, 0.4) is 0 Å². The molecule has 19 heavy (non-hydrogen) atoms. The van der Waals surface area contributed by atoms with E-state index in [0.29, 0.717) is 19.0 Å². The molecule has 0 bridgehead atoms. The van der Waals surface area contributed by atoms with Crippen LogP contribution in [-0.4, -0.2) is 25.0 Å². The van der Waals surface area contributed by atoms with Gasteiger partial charge in [0.1, 0.15) is 0 Å². The molecule has 3 nitrogen and oxygen atoms in total. The fraction of sp³-hybridized carbons (Fsp3) is 0.500. The number of amides is 1. The molecule has 1 heterocycles. The summed E-state index contributed by atoms with van der Waals surface area (Å²) in [6.07, 6.45) is 3.65. The monoisotopic (exact) mass is 302 g/mol. The zero-order valence-electron chi connectivity index (χ0n) is 10.8. The zero-order valence-corrected chi connectivity index (χ0v) is 12.4. The maximum Gasteiger partial charge on any atom is 0.221 e. The third-order valence-corrected chi connectivity index (χ3v) is 3.64. The molecule has 0 spiro atoms. The average Bonchev–Trinajstić information content (AvgIpc) is 2.84. The predicted octanol–water partition coefficient (Wildman–Crippen LogP) is 2.56. The van der Waals surface area contributed by atoms with Gasteiger partial charge >= 0.3 is 0 Å². The van der Waals surface area contributed by atoms with Crippen LogP contribution in [0.15, 0.2) is 24.3 Å². The summed E-state index contributed by atoms with van der Waals surface area (Å²) in [5, 5.41) is 7.04. The Morgan fingerprint density at radius 1 is 1.42 bits per heavy atom. The van der Waals surface area contributed by atoms with E-state index in [2.05, 4.69) is 10.6 Å². The van der Waals surface area contributed by atoms with Crippen LogP contribution in [0, 0.1) is 0 Å². The number of nitrogens with one attached hydrogen (secondary N) is 2. The van der Waals surface area contributed by atoms with Gasteiger partial charge in [0.2, 0.25) is 5.91 Å². The van der Waals surface area contributed by atoms with E-state index < -0.39 is 0 Å². The summed E-state index contributed by atoms with van der Waals surface area (Å²) in [4.78, 5) is 11.7. The quantitative estimate of drug-likeness (QED) is 0.878. The number of halogens is 2. The highest BCUT2D eigenvalue weighted by Gasteiger charge is 2.17. The van der Waals surface area contributed by atoms with Crippen molar-refractivity contribution in [1.29, 1.82) is 0 Å². The lowest BCUT2D eigenvalue weighted by Gasteiger charge is -2.10. The van der Waals surface area contributed by atoms with E-state index in [1.807, 2.05) is 24.3 Å². The Hall–Kier alpha value is -0.770. The van der Waals surface area contributed by atoms with Crippen molar-refractivity contribution in [2.24, 2.45) is 0 Å². The second kappa shape index (κ2) is 8.41. The largest absolute Gasteiger partial charge is 0.356 e. The van der Waals surface area contributed by atoms with Gasteiger partial charge in [-0.15, -0.1) is 12.4 Å². The average molecular weight is 303 g/mol. The minimum atomic E-state index is 0. The van der Waals surface area contributed by atoms with Crippen molar-refractivity contribution < 1.29 is 4.79 Å². The van der Waals surface area contributed by atoms with E-state index in [1.54, 1.807) is 0 Å². The van der Waals surface area contributed by atoms with Crippen molar-refractivity contribution in [1.82, 2.24) is 10.6 Å². The van der Waals surface area contributed by atoms with Crippen LogP contribution in [0.5, 0.6) is 0 Å².